The van der Waals surface area contributed by atoms with Gasteiger partial charge < -0.3 is 81.9 Å². The maximum atomic E-state index is 11.6. The third-order valence-corrected chi connectivity index (χ3v) is 22.2. The van der Waals surface area contributed by atoms with Crippen molar-refractivity contribution in [3.63, 3.8) is 0 Å². The standard InChI is InChI=1S/C19H18N4O4S.C19H18N4O3.C17H14N4O3.C17H16N4O3.C14H11N5O/c24-28(25)8-5-13(6-9-28)27-17-11-26-16-10-12(3-4-14(16)17)21-19-18-15(22-23-19)2-1-7-20-18;1-19(9-24-10-19)11-26-16-8-25-15-7-12(4-5-13(15)16)21-18-17-14(22-23-18)3-2-6-20-17;1-2-13-16(18-5-1)17(21-20-13)19-10-3-4-12-14(6-10)23-9-15(12)24-11-7-22-8-11;1-22-7-8-23-15-10-24-14-9-11(4-5-12(14)15)19-17-16-13(20-21-17)3-2-6-18-16;1-8-10-5-4-9(7-12(10)20-19-8)16-14-13-11(17-18-14)3-2-6-15-13/h1-4,7,10-11,13H,5-6,8-9H2,(H2,21,22,23);2-8H,9-11H2,1H3,(H2,21,22,23);1-6,9,11H,7-8H2,(H2,19,20,21);2-6,9-10H,7-8H2,1H3,(H2,19,20,21);2-7H,1H3,(H2,16,17,18). The number of fused-ring (bicyclic) bond motifs is 10. The second-order valence-corrected chi connectivity index (χ2v) is 31.7. The highest BCUT2D eigenvalue weighted by Gasteiger charge is 2.35. The fourth-order valence-electron chi connectivity index (χ4n) is 13.9. The third-order valence-electron chi connectivity index (χ3n) is 20.4. The first-order valence-electron chi connectivity index (χ1n) is 39.0. The van der Waals surface area contributed by atoms with Gasteiger partial charge in [0.25, 0.3) is 0 Å². The van der Waals surface area contributed by atoms with Crippen LogP contribution in [0.4, 0.5) is 57.5 Å². The maximum absolute atomic E-state index is 11.6. The molecule has 36 heteroatoms. The van der Waals surface area contributed by atoms with Crippen LogP contribution in [0.25, 0.3) is 110 Å². The minimum absolute atomic E-state index is 0.0963. The third kappa shape index (κ3) is 16.8. The summed E-state index contributed by atoms with van der Waals surface area (Å²) in [6, 6.07) is 48.1. The Labute approximate surface area is 690 Å². The van der Waals surface area contributed by atoms with E-state index in [4.69, 9.17) is 55.3 Å². The minimum atomic E-state index is -2.91. The summed E-state index contributed by atoms with van der Waals surface area (Å²) in [5, 5.41) is 60.9. The first-order chi connectivity index (χ1) is 59.8. The van der Waals surface area contributed by atoms with Crippen LogP contribution >= 0.6 is 0 Å². The molecule has 122 heavy (non-hydrogen) atoms. The highest BCUT2D eigenvalue weighted by atomic mass is 32.2. The second-order valence-electron chi connectivity index (χ2n) is 29.4. The number of nitrogens with zero attached hydrogens (tertiary/aromatic N) is 11. The van der Waals surface area contributed by atoms with Gasteiger partial charge in [-0.1, -0.05) is 12.1 Å². The Morgan fingerprint density at radius 3 is 1.11 bits per heavy atom. The molecule has 23 rings (SSSR count). The fourth-order valence-corrected chi connectivity index (χ4v) is 15.4. The summed E-state index contributed by atoms with van der Waals surface area (Å²) in [4.78, 5) is 21.7. The summed E-state index contributed by atoms with van der Waals surface area (Å²) in [6.07, 6.45) is 16.2. The predicted octanol–water partition coefficient (Wildman–Crippen LogP) is 17.1. The second kappa shape index (κ2) is 33.7. The number of hydrogen-bond donors (Lipinski definition) is 10. The Kier molecular flexibility index (Phi) is 21.2. The summed E-state index contributed by atoms with van der Waals surface area (Å²) >= 11 is 0. The Morgan fingerprint density at radius 2 is 0.762 bits per heavy atom. The molecule has 0 radical (unpaired) electrons. The van der Waals surface area contributed by atoms with E-state index < -0.39 is 9.84 Å². The zero-order valence-electron chi connectivity index (χ0n) is 65.6. The van der Waals surface area contributed by atoms with Gasteiger partial charge in [-0.25, -0.2) is 8.42 Å². The number of rotatable bonds is 21. The topological polar surface area (TPSA) is 445 Å². The molecule has 3 aliphatic rings. The number of benzene rings is 5. The molecule has 0 saturated carbocycles. The van der Waals surface area contributed by atoms with Gasteiger partial charge in [-0.15, -0.1) is 0 Å². The predicted molar refractivity (Wildman–Crippen MR) is 459 cm³/mol. The van der Waals surface area contributed by atoms with E-state index in [2.05, 4.69) is 115 Å². The molecule has 0 bridgehead atoms. The van der Waals surface area contributed by atoms with Gasteiger partial charge in [0, 0.05) is 108 Å². The van der Waals surface area contributed by atoms with Gasteiger partial charge in [-0.2, -0.15) is 25.5 Å². The summed E-state index contributed by atoms with van der Waals surface area (Å²) in [5.74, 6) is 6.56. The molecule has 0 amide bonds. The quantitative estimate of drug-likeness (QED) is 0.0299. The van der Waals surface area contributed by atoms with Crippen LogP contribution in [0.2, 0.25) is 0 Å². The van der Waals surface area contributed by atoms with Crippen LogP contribution in [0.5, 0.6) is 23.0 Å². The van der Waals surface area contributed by atoms with E-state index in [-0.39, 0.29) is 29.1 Å². The summed E-state index contributed by atoms with van der Waals surface area (Å²) in [7, 11) is -1.27. The molecule has 616 valence electrons. The number of H-pyrrole nitrogens is 5. The van der Waals surface area contributed by atoms with Gasteiger partial charge in [0.05, 0.1) is 106 Å². The van der Waals surface area contributed by atoms with Crippen molar-refractivity contribution < 1.29 is 63.8 Å². The molecule has 3 aliphatic heterocycles. The number of furan rings is 4. The smallest absolute Gasteiger partial charge is 0.178 e. The van der Waals surface area contributed by atoms with Crippen molar-refractivity contribution in [3.8, 4) is 23.0 Å². The molecule has 20 aromatic rings. The lowest BCUT2D eigenvalue weighted by Gasteiger charge is -2.37. The number of anilines is 10. The van der Waals surface area contributed by atoms with Crippen molar-refractivity contribution in [2.75, 3.05) is 91.4 Å². The van der Waals surface area contributed by atoms with Gasteiger partial charge in [0.2, 0.25) is 0 Å². The van der Waals surface area contributed by atoms with Gasteiger partial charge in [-0.05, 0) is 141 Å². The SMILES string of the molecule is CC1(COc2coc3cc(Nc4n[nH]c5cccnc45)ccc23)COC1.COCCOc1coc2cc(Nc3n[nH]c4cccnc34)ccc12.Cc1noc2cc(Nc3n[nH]c4cccnc34)ccc12.O=S1(=O)CCC(Oc2coc3cc(Nc4n[nH]c5cccnc45)ccc23)CC1.c1cnc2c(Nc3ccc4c(OC5COC5)coc4c3)n[nH]c2c1. The lowest BCUT2D eigenvalue weighted by molar-refractivity contribution is -0.120. The Morgan fingerprint density at radius 1 is 0.418 bits per heavy atom. The first-order valence-corrected chi connectivity index (χ1v) is 40.8. The Hall–Kier alpha value is -15.1. The van der Waals surface area contributed by atoms with Gasteiger partial charge in [0.15, 0.2) is 67.5 Å². The van der Waals surface area contributed by atoms with E-state index in [0.29, 0.717) is 92.0 Å². The summed E-state index contributed by atoms with van der Waals surface area (Å²) in [5.41, 5.74) is 17.3. The number of ether oxygens (including phenoxy) is 7. The average molecular weight is 1660 g/mol. The molecule has 0 unspecified atom stereocenters. The number of aromatic nitrogens is 16. The molecular formula is C86H77N21O14S. The number of pyridine rings is 5. The molecular weight excluding hydrogens is 1580 g/mol. The van der Waals surface area contributed by atoms with E-state index in [1.807, 2.05) is 159 Å². The monoisotopic (exact) mass is 1660 g/mol. The highest BCUT2D eigenvalue weighted by molar-refractivity contribution is 7.91. The molecule has 0 aliphatic carbocycles. The van der Waals surface area contributed by atoms with Gasteiger partial charge in [0.1, 0.15) is 93.8 Å². The molecule has 10 N–H and O–H groups in total. The molecule has 18 heterocycles. The number of aromatic amines is 5. The first kappa shape index (κ1) is 76.8. The summed E-state index contributed by atoms with van der Waals surface area (Å²) in [6.45, 7) is 8.45. The summed E-state index contributed by atoms with van der Waals surface area (Å²) < 4.78 is 89.7. The van der Waals surface area contributed by atoms with E-state index >= 15 is 0 Å². The van der Waals surface area contributed by atoms with Crippen molar-refractivity contribution in [3.05, 3.63) is 213 Å². The molecule has 35 nitrogen and oxygen atoms in total. The van der Waals surface area contributed by atoms with Crippen molar-refractivity contribution in [2.24, 2.45) is 5.41 Å². The number of nitrogens with one attached hydrogen (secondary N) is 10. The van der Waals surface area contributed by atoms with Crippen LogP contribution in [0, 0.1) is 12.3 Å². The van der Waals surface area contributed by atoms with Crippen LogP contribution in [0.15, 0.2) is 230 Å². The Bertz CT molecular complexity index is 7200. The van der Waals surface area contributed by atoms with E-state index in [9.17, 15) is 8.42 Å². The van der Waals surface area contributed by atoms with E-state index in [1.165, 1.54) is 0 Å². The number of sulfone groups is 1. The largest absolute Gasteiger partial charge is 0.489 e. The van der Waals surface area contributed by atoms with Crippen LogP contribution < -0.4 is 45.5 Å². The van der Waals surface area contributed by atoms with Crippen molar-refractivity contribution in [2.45, 2.75) is 38.9 Å². The Balaban J connectivity index is 0.000000101. The van der Waals surface area contributed by atoms with Gasteiger partial charge >= 0.3 is 0 Å². The zero-order chi connectivity index (χ0) is 82.5. The van der Waals surface area contributed by atoms with E-state index in [1.54, 1.807) is 63.1 Å². The molecule has 15 aromatic heterocycles. The van der Waals surface area contributed by atoms with Crippen LogP contribution in [0.1, 0.15) is 25.5 Å². The number of aryl methyl sites for hydroxylation is 1. The zero-order valence-corrected chi connectivity index (χ0v) is 66.4. The van der Waals surface area contributed by atoms with Crippen LogP contribution in [-0.2, 0) is 24.0 Å². The van der Waals surface area contributed by atoms with Crippen LogP contribution in [0.3, 0.4) is 0 Å². The van der Waals surface area contributed by atoms with E-state index in [0.717, 1.165) is 163 Å². The lowest BCUT2D eigenvalue weighted by atomic mass is 9.90. The average Bonchev–Trinajstić information content (AvgIpc) is 1.81. The fraction of sp³-hybridized carbons (Fsp3) is 0.198. The van der Waals surface area contributed by atoms with Gasteiger partial charge in [-0.3, -0.25) is 50.4 Å². The maximum Gasteiger partial charge on any atom is 0.178 e. The van der Waals surface area contributed by atoms with Crippen molar-refractivity contribution >= 4 is 177 Å². The molecule has 5 aromatic carbocycles. The molecule has 3 fully saturated rings. The molecule has 0 atom stereocenters. The highest BCUT2D eigenvalue weighted by Crippen LogP contribution is 2.39. The van der Waals surface area contributed by atoms with Crippen LogP contribution in [-0.4, -0.2) is 167 Å². The minimum Gasteiger partial charge on any atom is -0.489 e. The van der Waals surface area contributed by atoms with Crippen molar-refractivity contribution in [1.29, 1.82) is 0 Å². The molecule has 0 spiro atoms. The number of methoxy groups -OCH3 is 1. The lowest BCUT2D eigenvalue weighted by Crippen LogP contribution is -2.44. The normalized spacial score (nSPS) is 14.3. The molecule has 3 saturated heterocycles. The van der Waals surface area contributed by atoms with Crippen molar-refractivity contribution in [1.82, 2.24) is 81.1 Å². The number of hydrogen-bond acceptors (Lipinski definition) is 30.